The van der Waals surface area contributed by atoms with E-state index in [1.165, 1.54) is 5.56 Å². The van der Waals surface area contributed by atoms with Crippen molar-refractivity contribution >= 4 is 40.3 Å². The van der Waals surface area contributed by atoms with Gasteiger partial charge < -0.3 is 0 Å². The van der Waals surface area contributed by atoms with E-state index in [0.29, 0.717) is 15.6 Å². The molecule has 0 N–H and O–H groups in total. The lowest BCUT2D eigenvalue weighted by Gasteiger charge is -2.23. The Hall–Kier alpha value is -0.870. The van der Waals surface area contributed by atoms with Gasteiger partial charge in [-0.1, -0.05) is 23.2 Å². The molecular weight excluding hydrogens is 313 g/mol. The molecular formula is C15H15Cl2NOS. The van der Waals surface area contributed by atoms with Gasteiger partial charge in [0, 0.05) is 17.1 Å². The summed E-state index contributed by atoms with van der Waals surface area (Å²) >= 11 is 13.6. The van der Waals surface area contributed by atoms with Crippen LogP contribution in [0.25, 0.3) is 0 Å². The summed E-state index contributed by atoms with van der Waals surface area (Å²) in [5, 5.41) is 5.05. The molecule has 0 bridgehead atoms. The molecule has 0 saturated heterocycles. The van der Waals surface area contributed by atoms with E-state index < -0.39 is 0 Å². The molecule has 0 aliphatic rings. The average molecular weight is 328 g/mol. The summed E-state index contributed by atoms with van der Waals surface area (Å²) < 4.78 is 0. The third-order valence-electron chi connectivity index (χ3n) is 3.25. The summed E-state index contributed by atoms with van der Waals surface area (Å²) in [6, 6.07) is 6.79. The number of rotatable bonds is 5. The van der Waals surface area contributed by atoms with E-state index in [-0.39, 0.29) is 11.8 Å². The predicted molar refractivity (Wildman–Crippen MR) is 86.0 cm³/mol. The highest BCUT2D eigenvalue weighted by Gasteiger charge is 2.21. The molecule has 2 aromatic rings. The van der Waals surface area contributed by atoms with Crippen LogP contribution in [0.5, 0.6) is 0 Å². The predicted octanol–water partition coefficient (Wildman–Crippen LogP) is 4.76. The average Bonchev–Trinajstić information content (AvgIpc) is 2.90. The molecule has 1 heterocycles. The highest BCUT2D eigenvalue weighted by atomic mass is 35.5. The van der Waals surface area contributed by atoms with Crippen LogP contribution in [0, 0.1) is 0 Å². The van der Waals surface area contributed by atoms with Gasteiger partial charge in [-0.2, -0.15) is 11.3 Å². The molecule has 0 saturated carbocycles. The number of thiophene rings is 1. The number of carbonyl (C=O) groups excluding carboxylic acids is 1. The molecule has 2 rings (SSSR count). The summed E-state index contributed by atoms with van der Waals surface area (Å²) in [6.45, 7) is 2.63. The second-order valence-corrected chi connectivity index (χ2v) is 6.33. The number of halogens is 2. The first-order valence-electron chi connectivity index (χ1n) is 6.19. The zero-order valence-corrected chi connectivity index (χ0v) is 13.6. The minimum absolute atomic E-state index is 0.00407. The van der Waals surface area contributed by atoms with Gasteiger partial charge in [0.15, 0.2) is 5.78 Å². The zero-order chi connectivity index (χ0) is 14.7. The first-order valence-corrected chi connectivity index (χ1v) is 7.89. The van der Waals surface area contributed by atoms with Crippen molar-refractivity contribution in [3.05, 3.63) is 56.2 Å². The fraction of sp³-hybridized carbons (Fsp3) is 0.267. The molecule has 1 unspecified atom stereocenters. The maximum Gasteiger partial charge on any atom is 0.181 e. The Labute approximate surface area is 132 Å². The Morgan fingerprint density at radius 3 is 2.70 bits per heavy atom. The van der Waals surface area contributed by atoms with Gasteiger partial charge in [-0.05, 0) is 54.6 Å². The van der Waals surface area contributed by atoms with Crippen LogP contribution in [-0.4, -0.2) is 23.8 Å². The summed E-state index contributed by atoms with van der Waals surface area (Å²) in [5.74, 6) is 0.00407. The van der Waals surface area contributed by atoms with Crippen LogP contribution in [0.1, 0.15) is 22.8 Å². The maximum absolute atomic E-state index is 12.5. The summed E-state index contributed by atoms with van der Waals surface area (Å²) in [5.41, 5.74) is 1.72. The normalized spacial score (nSPS) is 12.7. The van der Waals surface area contributed by atoms with Crippen LogP contribution in [0.2, 0.25) is 10.0 Å². The lowest BCUT2D eigenvalue weighted by molar-refractivity contribution is 0.0862. The van der Waals surface area contributed by atoms with Gasteiger partial charge >= 0.3 is 0 Å². The van der Waals surface area contributed by atoms with Gasteiger partial charge in [-0.25, -0.2) is 0 Å². The molecule has 0 aliphatic heterocycles. The fourth-order valence-electron chi connectivity index (χ4n) is 1.92. The van der Waals surface area contributed by atoms with Gasteiger partial charge in [-0.15, -0.1) is 0 Å². The van der Waals surface area contributed by atoms with Crippen molar-refractivity contribution < 1.29 is 4.79 Å². The monoisotopic (exact) mass is 327 g/mol. The first-order chi connectivity index (χ1) is 9.49. The second-order valence-electron chi connectivity index (χ2n) is 4.71. The second kappa shape index (κ2) is 6.72. The largest absolute Gasteiger partial charge is 0.292 e. The van der Waals surface area contributed by atoms with Gasteiger partial charge in [0.25, 0.3) is 0 Å². The number of benzene rings is 1. The van der Waals surface area contributed by atoms with Crippen molar-refractivity contribution in [3.8, 4) is 0 Å². The first kappa shape index (κ1) is 15.5. The van der Waals surface area contributed by atoms with Crippen LogP contribution in [0.4, 0.5) is 0 Å². The molecule has 1 aromatic carbocycles. The van der Waals surface area contributed by atoms with Crippen LogP contribution in [0.3, 0.4) is 0 Å². The van der Waals surface area contributed by atoms with Crippen molar-refractivity contribution in [2.24, 2.45) is 0 Å². The number of nitrogens with zero attached hydrogens (tertiary/aromatic N) is 1. The highest BCUT2D eigenvalue weighted by Crippen LogP contribution is 2.23. The number of likely N-dealkylation sites (N-methyl/N-ethyl adjacent to an activating group) is 1. The zero-order valence-electron chi connectivity index (χ0n) is 11.3. The van der Waals surface area contributed by atoms with E-state index in [1.807, 2.05) is 24.3 Å². The third-order valence-corrected chi connectivity index (χ3v) is 4.53. The summed E-state index contributed by atoms with van der Waals surface area (Å²) in [6.07, 6.45) is 0. The molecule has 20 heavy (non-hydrogen) atoms. The third kappa shape index (κ3) is 3.61. The van der Waals surface area contributed by atoms with Crippen molar-refractivity contribution in [3.63, 3.8) is 0 Å². The van der Waals surface area contributed by atoms with Crippen molar-refractivity contribution in [1.82, 2.24) is 4.90 Å². The molecule has 0 spiro atoms. The summed E-state index contributed by atoms with van der Waals surface area (Å²) in [4.78, 5) is 14.5. The number of ketones is 1. The highest BCUT2D eigenvalue weighted by molar-refractivity contribution is 7.07. The van der Waals surface area contributed by atoms with Crippen LogP contribution in [0.15, 0.2) is 35.0 Å². The maximum atomic E-state index is 12.5. The number of carbonyl (C=O) groups is 1. The molecule has 2 nitrogen and oxygen atoms in total. The van der Waals surface area contributed by atoms with E-state index in [2.05, 4.69) is 11.4 Å². The standard InChI is InChI=1S/C15H15Cl2NOS/c1-10(18(2)8-11-5-6-20-9-11)15(19)13-4-3-12(16)7-14(13)17/h3-7,9-10H,8H2,1-2H3. The van der Waals surface area contributed by atoms with E-state index in [1.54, 1.807) is 29.5 Å². The van der Waals surface area contributed by atoms with Crippen molar-refractivity contribution in [2.75, 3.05) is 7.05 Å². The van der Waals surface area contributed by atoms with E-state index in [4.69, 9.17) is 23.2 Å². The lowest BCUT2D eigenvalue weighted by Crippen LogP contribution is -2.35. The van der Waals surface area contributed by atoms with E-state index in [0.717, 1.165) is 6.54 Å². The molecule has 0 radical (unpaired) electrons. The van der Waals surface area contributed by atoms with E-state index in [9.17, 15) is 4.79 Å². The molecule has 1 atom stereocenters. The van der Waals surface area contributed by atoms with Gasteiger partial charge in [0.2, 0.25) is 0 Å². The Balaban J connectivity index is 2.11. The molecule has 1 aromatic heterocycles. The summed E-state index contributed by atoms with van der Waals surface area (Å²) in [7, 11) is 1.93. The molecule has 5 heteroatoms. The van der Waals surface area contributed by atoms with Crippen molar-refractivity contribution in [2.45, 2.75) is 19.5 Å². The Bertz CT molecular complexity index is 598. The topological polar surface area (TPSA) is 20.3 Å². The number of Topliss-reactive ketones (excluding diaryl/α,β-unsaturated/α-hetero) is 1. The minimum Gasteiger partial charge on any atom is -0.292 e. The SMILES string of the molecule is CC(C(=O)c1ccc(Cl)cc1Cl)N(C)Cc1ccsc1. The number of hydrogen-bond donors (Lipinski definition) is 0. The molecule has 0 amide bonds. The Morgan fingerprint density at radius 2 is 2.10 bits per heavy atom. The van der Waals surface area contributed by atoms with Gasteiger partial charge in [0.1, 0.15) is 0 Å². The fourth-order valence-corrected chi connectivity index (χ4v) is 3.08. The number of hydrogen-bond acceptors (Lipinski definition) is 3. The van der Waals surface area contributed by atoms with Gasteiger partial charge in [-0.3, -0.25) is 9.69 Å². The molecule has 106 valence electrons. The van der Waals surface area contributed by atoms with Crippen molar-refractivity contribution in [1.29, 1.82) is 0 Å². The quantitative estimate of drug-likeness (QED) is 0.738. The lowest BCUT2D eigenvalue weighted by atomic mass is 10.0. The van der Waals surface area contributed by atoms with Gasteiger partial charge in [0.05, 0.1) is 11.1 Å². The van der Waals surface area contributed by atoms with E-state index >= 15 is 0 Å². The smallest absolute Gasteiger partial charge is 0.181 e. The Morgan fingerprint density at radius 1 is 1.35 bits per heavy atom. The molecule has 0 fully saturated rings. The van der Waals surface area contributed by atoms with Crippen LogP contribution < -0.4 is 0 Å². The Kier molecular flexibility index (Phi) is 5.22. The van der Waals surface area contributed by atoms with Crippen LogP contribution >= 0.6 is 34.5 Å². The minimum atomic E-state index is -0.242. The van der Waals surface area contributed by atoms with Crippen LogP contribution in [-0.2, 0) is 6.54 Å². The molecule has 0 aliphatic carbocycles.